The molecular formula is C17H24ClN3O2. The Labute approximate surface area is 142 Å². The molecule has 0 bridgehead atoms. The van der Waals surface area contributed by atoms with Gasteiger partial charge in [0.05, 0.1) is 0 Å². The standard InChI is InChI=1S/C17H24ClN3O2/c1-17(2,3)23-16(22)21-6-4-11(5-7-21)13-9-15(20)12(10-19)8-14(13)18/h8-11,19H,4-7,20H2,1-3H3. The number of amides is 1. The van der Waals surface area contributed by atoms with E-state index in [9.17, 15) is 4.79 Å². The number of piperidine rings is 1. The Morgan fingerprint density at radius 2 is 2.00 bits per heavy atom. The second-order valence-corrected chi connectivity index (χ2v) is 7.30. The van der Waals surface area contributed by atoms with Gasteiger partial charge in [0, 0.05) is 35.6 Å². The Kier molecular flexibility index (Phi) is 5.19. The van der Waals surface area contributed by atoms with Crippen molar-refractivity contribution in [2.24, 2.45) is 0 Å². The summed E-state index contributed by atoms with van der Waals surface area (Å²) < 4.78 is 5.41. The van der Waals surface area contributed by atoms with Gasteiger partial charge in [-0.05, 0) is 57.2 Å². The fraction of sp³-hybridized carbons (Fsp3) is 0.529. The van der Waals surface area contributed by atoms with Gasteiger partial charge in [-0.15, -0.1) is 0 Å². The van der Waals surface area contributed by atoms with Crippen LogP contribution in [0.5, 0.6) is 0 Å². The summed E-state index contributed by atoms with van der Waals surface area (Å²) in [4.78, 5) is 13.8. The lowest BCUT2D eigenvalue weighted by Crippen LogP contribution is -2.41. The van der Waals surface area contributed by atoms with Gasteiger partial charge in [0.25, 0.3) is 0 Å². The maximum absolute atomic E-state index is 12.1. The Hall–Kier alpha value is -1.75. The number of anilines is 1. The van der Waals surface area contributed by atoms with Gasteiger partial charge in [-0.3, -0.25) is 0 Å². The molecule has 0 spiro atoms. The van der Waals surface area contributed by atoms with Crippen molar-refractivity contribution >= 4 is 29.6 Å². The SMILES string of the molecule is CC(C)(C)OC(=O)N1CCC(c2cc(N)c(C=N)cc2Cl)CC1. The number of hydrogen-bond donors (Lipinski definition) is 2. The molecule has 5 nitrogen and oxygen atoms in total. The molecular weight excluding hydrogens is 314 g/mol. The summed E-state index contributed by atoms with van der Waals surface area (Å²) in [6.07, 6.45) is 2.58. The predicted octanol–water partition coefficient (Wildman–Crippen LogP) is 4.03. The van der Waals surface area contributed by atoms with E-state index in [1.165, 1.54) is 6.21 Å². The van der Waals surface area contributed by atoms with Crippen molar-refractivity contribution in [3.05, 3.63) is 28.3 Å². The summed E-state index contributed by atoms with van der Waals surface area (Å²) in [6, 6.07) is 3.59. The van der Waals surface area contributed by atoms with Crippen molar-refractivity contribution < 1.29 is 9.53 Å². The third-order valence-electron chi connectivity index (χ3n) is 3.94. The second kappa shape index (κ2) is 6.79. The van der Waals surface area contributed by atoms with E-state index in [0.717, 1.165) is 18.4 Å². The van der Waals surface area contributed by atoms with E-state index >= 15 is 0 Å². The Balaban J connectivity index is 2.03. The van der Waals surface area contributed by atoms with Crippen LogP contribution in [-0.2, 0) is 4.74 Å². The van der Waals surface area contributed by atoms with Crippen LogP contribution in [0, 0.1) is 5.41 Å². The average molecular weight is 338 g/mol. The first-order chi connectivity index (χ1) is 10.7. The van der Waals surface area contributed by atoms with Crippen LogP contribution in [0.3, 0.4) is 0 Å². The fourth-order valence-electron chi connectivity index (χ4n) is 2.76. The highest BCUT2D eigenvalue weighted by molar-refractivity contribution is 6.31. The van der Waals surface area contributed by atoms with Crippen LogP contribution >= 0.6 is 11.6 Å². The number of carbonyl (C=O) groups is 1. The van der Waals surface area contributed by atoms with Gasteiger partial charge in [-0.2, -0.15) is 0 Å². The second-order valence-electron chi connectivity index (χ2n) is 6.89. The quantitative estimate of drug-likeness (QED) is 0.631. The zero-order valence-electron chi connectivity index (χ0n) is 13.9. The first-order valence-electron chi connectivity index (χ1n) is 7.78. The summed E-state index contributed by atoms with van der Waals surface area (Å²) in [7, 11) is 0. The number of nitrogens with two attached hydrogens (primary N) is 1. The molecule has 0 radical (unpaired) electrons. The molecule has 1 saturated heterocycles. The topological polar surface area (TPSA) is 79.4 Å². The van der Waals surface area contributed by atoms with Gasteiger partial charge >= 0.3 is 6.09 Å². The smallest absolute Gasteiger partial charge is 0.410 e. The monoisotopic (exact) mass is 337 g/mol. The predicted molar refractivity (Wildman–Crippen MR) is 93.5 cm³/mol. The third kappa shape index (κ3) is 4.38. The molecule has 1 heterocycles. The minimum Gasteiger partial charge on any atom is -0.444 e. The summed E-state index contributed by atoms with van der Waals surface area (Å²) in [5, 5.41) is 7.95. The molecule has 1 aliphatic heterocycles. The minimum absolute atomic E-state index is 0.263. The van der Waals surface area contributed by atoms with E-state index in [1.54, 1.807) is 11.0 Å². The molecule has 1 aliphatic rings. The maximum atomic E-state index is 12.1. The van der Waals surface area contributed by atoms with Gasteiger partial charge in [-0.1, -0.05) is 11.6 Å². The molecule has 0 aromatic heterocycles. The number of likely N-dealkylation sites (tertiary alicyclic amines) is 1. The van der Waals surface area contributed by atoms with Crippen LogP contribution in [0.2, 0.25) is 5.02 Å². The largest absolute Gasteiger partial charge is 0.444 e. The van der Waals surface area contributed by atoms with Gasteiger partial charge < -0.3 is 20.8 Å². The fourth-order valence-corrected chi connectivity index (χ4v) is 3.09. The number of benzene rings is 1. The number of ether oxygens (including phenoxy) is 1. The van der Waals surface area contributed by atoms with Gasteiger partial charge in [0.1, 0.15) is 5.60 Å². The Morgan fingerprint density at radius 3 is 2.52 bits per heavy atom. The molecule has 0 aliphatic carbocycles. The molecule has 1 fully saturated rings. The summed E-state index contributed by atoms with van der Waals surface area (Å²) in [5.74, 6) is 0.267. The van der Waals surface area contributed by atoms with Gasteiger partial charge in [-0.25, -0.2) is 4.79 Å². The van der Waals surface area contributed by atoms with Crippen molar-refractivity contribution in [3.8, 4) is 0 Å². The number of carbonyl (C=O) groups excluding carboxylic acids is 1. The molecule has 1 aromatic rings. The van der Waals surface area contributed by atoms with Crippen LogP contribution in [0.1, 0.15) is 50.7 Å². The van der Waals surface area contributed by atoms with Crippen molar-refractivity contribution in [2.45, 2.75) is 45.1 Å². The minimum atomic E-state index is -0.478. The average Bonchev–Trinajstić information content (AvgIpc) is 2.47. The normalized spacial score (nSPS) is 16.3. The summed E-state index contributed by atoms with van der Waals surface area (Å²) in [6.45, 7) is 6.88. The molecule has 0 atom stereocenters. The molecule has 1 aromatic carbocycles. The molecule has 6 heteroatoms. The molecule has 0 unspecified atom stereocenters. The summed E-state index contributed by atoms with van der Waals surface area (Å²) >= 11 is 6.34. The maximum Gasteiger partial charge on any atom is 0.410 e. The summed E-state index contributed by atoms with van der Waals surface area (Å²) in [5.41, 5.74) is 7.67. The Morgan fingerprint density at radius 1 is 1.39 bits per heavy atom. The van der Waals surface area contributed by atoms with Gasteiger partial charge in [0.15, 0.2) is 0 Å². The number of rotatable bonds is 2. The number of halogens is 1. The first kappa shape index (κ1) is 17.6. The van der Waals surface area contributed by atoms with E-state index < -0.39 is 5.60 Å². The van der Waals surface area contributed by atoms with Crippen LogP contribution in [0.25, 0.3) is 0 Å². The van der Waals surface area contributed by atoms with E-state index in [1.807, 2.05) is 26.8 Å². The highest BCUT2D eigenvalue weighted by atomic mass is 35.5. The molecule has 2 rings (SSSR count). The molecule has 0 saturated carbocycles. The first-order valence-corrected chi connectivity index (χ1v) is 8.16. The van der Waals surface area contributed by atoms with Crippen LogP contribution in [0.4, 0.5) is 10.5 Å². The van der Waals surface area contributed by atoms with Crippen LogP contribution in [-0.4, -0.2) is 35.9 Å². The van der Waals surface area contributed by atoms with Crippen molar-refractivity contribution in [1.29, 1.82) is 5.41 Å². The lowest BCUT2D eigenvalue weighted by atomic mass is 9.88. The lowest BCUT2D eigenvalue weighted by molar-refractivity contribution is 0.0205. The molecule has 126 valence electrons. The number of hydrogen-bond acceptors (Lipinski definition) is 4. The zero-order chi connectivity index (χ0) is 17.2. The van der Waals surface area contributed by atoms with Crippen LogP contribution < -0.4 is 5.73 Å². The highest BCUT2D eigenvalue weighted by Gasteiger charge is 2.28. The molecule has 23 heavy (non-hydrogen) atoms. The van der Waals surface area contributed by atoms with E-state index in [4.69, 9.17) is 27.5 Å². The number of nitrogen functional groups attached to an aromatic ring is 1. The number of nitrogens with zero attached hydrogens (tertiary/aromatic N) is 1. The molecule has 3 N–H and O–H groups in total. The zero-order valence-corrected chi connectivity index (χ0v) is 14.6. The third-order valence-corrected chi connectivity index (χ3v) is 4.27. The van der Waals surface area contributed by atoms with E-state index in [2.05, 4.69) is 0 Å². The molecule has 1 amide bonds. The lowest BCUT2D eigenvalue weighted by Gasteiger charge is -2.34. The van der Waals surface area contributed by atoms with Gasteiger partial charge in [0.2, 0.25) is 0 Å². The van der Waals surface area contributed by atoms with E-state index in [0.29, 0.717) is 29.4 Å². The van der Waals surface area contributed by atoms with Crippen molar-refractivity contribution in [3.63, 3.8) is 0 Å². The highest BCUT2D eigenvalue weighted by Crippen LogP contribution is 2.35. The van der Waals surface area contributed by atoms with Crippen molar-refractivity contribution in [1.82, 2.24) is 4.90 Å². The number of nitrogens with one attached hydrogen (secondary N) is 1. The Bertz CT molecular complexity index is 603. The van der Waals surface area contributed by atoms with E-state index in [-0.39, 0.29) is 12.0 Å². The van der Waals surface area contributed by atoms with Crippen LogP contribution in [0.15, 0.2) is 12.1 Å². The van der Waals surface area contributed by atoms with Crippen molar-refractivity contribution in [2.75, 3.05) is 18.8 Å².